The zero-order chi connectivity index (χ0) is 26.9. The molecule has 2 fully saturated rings. The van der Waals surface area contributed by atoms with E-state index in [0.29, 0.717) is 36.8 Å². The summed E-state index contributed by atoms with van der Waals surface area (Å²) >= 11 is 0. The van der Waals surface area contributed by atoms with Crippen molar-refractivity contribution in [2.24, 2.45) is 5.92 Å². The lowest BCUT2D eigenvalue weighted by atomic mass is 10.0. The minimum atomic E-state index is -4.80. The second-order valence-electron chi connectivity index (χ2n) is 9.98. The summed E-state index contributed by atoms with van der Waals surface area (Å²) in [6.45, 7) is 3.62. The molecule has 0 spiro atoms. The van der Waals surface area contributed by atoms with Crippen LogP contribution in [0.1, 0.15) is 41.9 Å². The van der Waals surface area contributed by atoms with Crippen molar-refractivity contribution in [2.75, 3.05) is 18.0 Å². The van der Waals surface area contributed by atoms with Crippen LogP contribution in [-0.2, 0) is 17.9 Å². The van der Waals surface area contributed by atoms with Crippen molar-refractivity contribution in [1.29, 1.82) is 5.26 Å². The number of ether oxygens (including phenoxy) is 1. The summed E-state index contributed by atoms with van der Waals surface area (Å²) in [5.41, 5.74) is 3.03. The molecule has 1 aliphatic carbocycles. The predicted octanol–water partition coefficient (Wildman–Crippen LogP) is 5.03. The van der Waals surface area contributed by atoms with Gasteiger partial charge >= 0.3 is 6.36 Å². The molecular weight excluding hydrogens is 495 g/mol. The number of hydrogen-bond acceptors (Lipinski definition) is 5. The van der Waals surface area contributed by atoms with Gasteiger partial charge in [0.05, 0.1) is 23.9 Å². The molecule has 1 atom stereocenters. The third-order valence-corrected chi connectivity index (χ3v) is 7.14. The summed E-state index contributed by atoms with van der Waals surface area (Å²) < 4.78 is 44.4. The Balaban J connectivity index is 1.34. The molecule has 3 aromatic rings. The first kappa shape index (κ1) is 25.8. The van der Waals surface area contributed by atoms with E-state index >= 15 is 0 Å². The quantitative estimate of drug-likeness (QED) is 0.414. The Kier molecular flexibility index (Phi) is 7.13. The molecule has 2 heterocycles. The number of halogens is 3. The number of hydrogen-bond donors (Lipinski definition) is 0. The number of carbonyl (C=O) groups is 1. The Morgan fingerprint density at radius 1 is 1.13 bits per heavy atom. The van der Waals surface area contributed by atoms with Gasteiger partial charge in [0.15, 0.2) is 0 Å². The van der Waals surface area contributed by atoms with Gasteiger partial charge < -0.3 is 14.2 Å². The van der Waals surface area contributed by atoms with Crippen LogP contribution < -0.4 is 9.64 Å². The van der Waals surface area contributed by atoms with E-state index in [-0.39, 0.29) is 24.2 Å². The molecular formula is C28H28F3N5O2. The Morgan fingerprint density at radius 2 is 1.89 bits per heavy atom. The number of piperazine rings is 1. The summed E-state index contributed by atoms with van der Waals surface area (Å²) in [7, 11) is 0. The Bertz CT molecular complexity index is 1340. The van der Waals surface area contributed by atoms with Crippen LogP contribution in [-0.4, -0.2) is 45.9 Å². The van der Waals surface area contributed by atoms with Crippen LogP contribution in [0.5, 0.6) is 5.75 Å². The van der Waals surface area contributed by atoms with Crippen LogP contribution in [0.15, 0.2) is 54.7 Å². The topological polar surface area (TPSA) is 74.4 Å². The number of rotatable bonds is 8. The van der Waals surface area contributed by atoms with Crippen LogP contribution in [0.25, 0.3) is 0 Å². The Hall–Kier alpha value is -3.84. The highest BCUT2D eigenvalue weighted by atomic mass is 19.4. The molecule has 0 radical (unpaired) electrons. The molecule has 2 aliphatic rings. The highest BCUT2D eigenvalue weighted by Crippen LogP contribution is 2.37. The SMILES string of the molecule is Cc1ncc(CN2CC(=O)N(c3cccc(OC(F)(F)F)c3)CC2CC2CC2)n1Cc1ccc(C#N)cc1. The number of imidazole rings is 1. The smallest absolute Gasteiger partial charge is 0.406 e. The van der Waals surface area contributed by atoms with Gasteiger partial charge in [-0.3, -0.25) is 9.69 Å². The molecule has 1 saturated carbocycles. The first-order chi connectivity index (χ1) is 18.2. The van der Waals surface area contributed by atoms with E-state index in [1.165, 1.54) is 18.2 Å². The van der Waals surface area contributed by atoms with Crippen LogP contribution in [0.3, 0.4) is 0 Å². The lowest BCUT2D eigenvalue weighted by Gasteiger charge is -2.41. The summed E-state index contributed by atoms with van der Waals surface area (Å²) in [5, 5.41) is 9.07. The van der Waals surface area contributed by atoms with E-state index in [0.717, 1.165) is 36.3 Å². The first-order valence-corrected chi connectivity index (χ1v) is 12.6. The van der Waals surface area contributed by atoms with Gasteiger partial charge in [0.1, 0.15) is 11.6 Å². The van der Waals surface area contributed by atoms with E-state index in [2.05, 4.69) is 25.3 Å². The van der Waals surface area contributed by atoms with E-state index in [1.54, 1.807) is 23.1 Å². The zero-order valence-electron chi connectivity index (χ0n) is 21.0. The normalized spacial score (nSPS) is 18.4. The maximum absolute atomic E-state index is 13.3. The van der Waals surface area contributed by atoms with Gasteiger partial charge in [-0.05, 0) is 49.1 Å². The average Bonchev–Trinajstić information content (AvgIpc) is 3.63. The average molecular weight is 524 g/mol. The van der Waals surface area contributed by atoms with Crippen molar-refractivity contribution < 1.29 is 22.7 Å². The number of aryl methyl sites for hydroxylation is 1. The van der Waals surface area contributed by atoms with Gasteiger partial charge in [0, 0.05) is 43.6 Å². The Morgan fingerprint density at radius 3 is 2.58 bits per heavy atom. The maximum Gasteiger partial charge on any atom is 0.573 e. The minimum absolute atomic E-state index is 0.0611. The van der Waals surface area contributed by atoms with Crippen molar-refractivity contribution in [3.05, 3.63) is 77.4 Å². The third kappa shape index (κ3) is 6.17. The molecule has 2 aromatic carbocycles. The summed E-state index contributed by atoms with van der Waals surface area (Å²) in [6, 6.07) is 15.2. The van der Waals surface area contributed by atoms with Gasteiger partial charge in [-0.25, -0.2) is 4.98 Å². The van der Waals surface area contributed by atoms with Crippen molar-refractivity contribution in [1.82, 2.24) is 14.5 Å². The van der Waals surface area contributed by atoms with Crippen molar-refractivity contribution >= 4 is 11.6 Å². The molecule has 1 aromatic heterocycles. The maximum atomic E-state index is 13.3. The highest BCUT2D eigenvalue weighted by molar-refractivity contribution is 5.95. The highest BCUT2D eigenvalue weighted by Gasteiger charge is 2.37. The Labute approximate surface area is 219 Å². The predicted molar refractivity (Wildman–Crippen MR) is 134 cm³/mol. The number of aromatic nitrogens is 2. The molecule has 1 saturated heterocycles. The number of benzene rings is 2. The zero-order valence-corrected chi connectivity index (χ0v) is 21.0. The summed E-state index contributed by atoms with van der Waals surface area (Å²) in [4.78, 5) is 21.5. The number of carbonyl (C=O) groups excluding carboxylic acids is 1. The largest absolute Gasteiger partial charge is 0.573 e. The lowest BCUT2D eigenvalue weighted by molar-refractivity contribution is -0.274. The second kappa shape index (κ2) is 10.5. The lowest BCUT2D eigenvalue weighted by Crippen LogP contribution is -2.56. The fraction of sp³-hybridized carbons (Fsp3) is 0.393. The molecule has 1 aliphatic heterocycles. The van der Waals surface area contributed by atoms with Gasteiger partial charge in [-0.15, -0.1) is 13.2 Å². The van der Waals surface area contributed by atoms with Crippen LogP contribution in [0, 0.1) is 24.2 Å². The van der Waals surface area contributed by atoms with Crippen molar-refractivity contribution in [2.45, 2.75) is 51.7 Å². The number of nitrogens with zero attached hydrogens (tertiary/aromatic N) is 5. The van der Waals surface area contributed by atoms with Crippen LogP contribution >= 0.6 is 0 Å². The third-order valence-electron chi connectivity index (χ3n) is 7.14. The molecule has 38 heavy (non-hydrogen) atoms. The molecule has 1 amide bonds. The molecule has 0 bridgehead atoms. The first-order valence-electron chi connectivity index (χ1n) is 12.6. The van der Waals surface area contributed by atoms with E-state index < -0.39 is 6.36 Å². The second-order valence-corrected chi connectivity index (χ2v) is 9.98. The number of anilines is 1. The summed E-state index contributed by atoms with van der Waals surface area (Å²) in [5.74, 6) is 0.944. The van der Waals surface area contributed by atoms with Gasteiger partial charge in [0.25, 0.3) is 0 Å². The summed E-state index contributed by atoms with van der Waals surface area (Å²) in [6.07, 6.45) is 0.272. The molecule has 7 nitrogen and oxygen atoms in total. The number of nitriles is 1. The van der Waals surface area contributed by atoms with Crippen molar-refractivity contribution in [3.8, 4) is 11.8 Å². The van der Waals surface area contributed by atoms with Crippen molar-refractivity contribution in [3.63, 3.8) is 0 Å². The standard InChI is InChI=1S/C28H28F3N5O2/c1-19-33-14-25(35(19)15-22-9-7-21(13-32)8-10-22)16-34-18-27(37)36(17-24(34)11-20-5-6-20)23-3-2-4-26(12-23)38-28(29,30)31/h2-4,7-10,12,14,20,24H,5-6,11,15-18H2,1H3. The molecule has 0 N–H and O–H groups in total. The van der Waals surface area contributed by atoms with Gasteiger partial charge in [0.2, 0.25) is 5.91 Å². The van der Waals surface area contributed by atoms with Crippen LogP contribution in [0.2, 0.25) is 0 Å². The molecule has 198 valence electrons. The molecule has 5 rings (SSSR count). The van der Waals surface area contributed by atoms with E-state index in [4.69, 9.17) is 5.26 Å². The fourth-order valence-corrected chi connectivity index (χ4v) is 4.99. The number of alkyl halides is 3. The van der Waals surface area contributed by atoms with Crippen LogP contribution in [0.4, 0.5) is 18.9 Å². The monoisotopic (exact) mass is 523 g/mol. The molecule has 1 unspecified atom stereocenters. The van der Waals surface area contributed by atoms with Gasteiger partial charge in [-0.2, -0.15) is 5.26 Å². The van der Waals surface area contributed by atoms with E-state index in [9.17, 15) is 18.0 Å². The minimum Gasteiger partial charge on any atom is -0.406 e. The van der Waals surface area contributed by atoms with Gasteiger partial charge in [-0.1, -0.05) is 31.0 Å². The van der Waals surface area contributed by atoms with E-state index in [1.807, 2.05) is 25.3 Å². The molecule has 10 heteroatoms. The fourth-order valence-electron chi connectivity index (χ4n) is 4.99. The number of amides is 1.